The number of ketones is 1. The van der Waals surface area contributed by atoms with E-state index >= 15 is 0 Å². The molecule has 1 aliphatic rings. The van der Waals surface area contributed by atoms with Crippen LogP contribution in [0.4, 0.5) is 8.78 Å². The number of carbonyl (C=O) groups is 3. The normalized spacial score (nSPS) is 19.8. The smallest absolute Gasteiger partial charge is 0.387 e. The Morgan fingerprint density at radius 3 is 2.59 bits per heavy atom. The van der Waals surface area contributed by atoms with E-state index in [4.69, 9.17) is 5.73 Å². The van der Waals surface area contributed by atoms with Gasteiger partial charge in [-0.25, -0.2) is 8.42 Å². The number of halogens is 2. The predicted molar refractivity (Wildman–Crippen MR) is 98.4 cm³/mol. The van der Waals surface area contributed by atoms with E-state index < -0.39 is 51.1 Å². The molecule has 29 heavy (non-hydrogen) atoms. The number of ether oxygens (including phenoxy) is 1. The molecule has 1 saturated carbocycles. The molecule has 8 nitrogen and oxygen atoms in total. The van der Waals surface area contributed by atoms with Gasteiger partial charge in [-0.2, -0.15) is 8.78 Å². The molecule has 11 heteroatoms. The highest BCUT2D eigenvalue weighted by Gasteiger charge is 2.46. The molecule has 0 aromatic heterocycles. The first kappa shape index (κ1) is 22.7. The lowest BCUT2D eigenvalue weighted by Crippen LogP contribution is -2.63. The molecule has 0 aliphatic heterocycles. The lowest BCUT2D eigenvalue weighted by molar-refractivity contribution is -0.141. The van der Waals surface area contributed by atoms with Gasteiger partial charge in [0.2, 0.25) is 5.91 Å². The quantitative estimate of drug-likeness (QED) is 0.558. The van der Waals surface area contributed by atoms with E-state index in [0.717, 1.165) is 6.42 Å². The monoisotopic (exact) mass is 431 g/mol. The van der Waals surface area contributed by atoms with Crippen LogP contribution in [0.1, 0.15) is 31.2 Å². The predicted octanol–water partition coefficient (Wildman–Crippen LogP) is 0.890. The van der Waals surface area contributed by atoms with Gasteiger partial charge in [0.05, 0.1) is 17.9 Å². The molecule has 1 radical (unpaired) electrons. The number of sulfone groups is 1. The second-order valence-corrected chi connectivity index (χ2v) is 8.74. The number of primary amides is 1. The molecule has 3 N–H and O–H groups in total. The Hall–Kier alpha value is -2.56. The van der Waals surface area contributed by atoms with Crippen LogP contribution >= 0.6 is 0 Å². The first-order chi connectivity index (χ1) is 13.6. The van der Waals surface area contributed by atoms with Gasteiger partial charge in [0, 0.05) is 12.0 Å². The number of para-hydroxylation sites is 1. The molecule has 1 aromatic carbocycles. The molecule has 2 rings (SSSR count). The second kappa shape index (κ2) is 9.29. The fourth-order valence-corrected chi connectivity index (χ4v) is 4.31. The number of benzene rings is 1. The summed E-state index contributed by atoms with van der Waals surface area (Å²) in [5, 5.41) is 2.25. The van der Waals surface area contributed by atoms with Crippen LogP contribution in [0, 0.1) is 6.42 Å². The molecule has 0 bridgehead atoms. The molecule has 2 amide bonds. The number of alkyl halides is 2. The number of Topliss-reactive ketones (excluding diaryl/α,β-unsaturated/α-hetero) is 1. The maximum Gasteiger partial charge on any atom is 0.387 e. The molecule has 0 spiro atoms. The summed E-state index contributed by atoms with van der Waals surface area (Å²) in [4.78, 5) is 36.1. The van der Waals surface area contributed by atoms with Crippen LogP contribution in [0.25, 0.3) is 0 Å². The first-order valence-electron chi connectivity index (χ1n) is 8.77. The third-order valence-corrected chi connectivity index (χ3v) is 5.95. The van der Waals surface area contributed by atoms with Crippen LogP contribution in [0.2, 0.25) is 0 Å². The molecular weight excluding hydrogens is 410 g/mol. The van der Waals surface area contributed by atoms with E-state index in [0.29, 0.717) is 12.8 Å². The third-order valence-electron chi connectivity index (χ3n) is 4.53. The van der Waals surface area contributed by atoms with E-state index in [1.165, 1.54) is 24.3 Å². The van der Waals surface area contributed by atoms with Gasteiger partial charge in [-0.05, 0) is 25.3 Å². The maximum atomic E-state index is 12.4. The Labute approximate surface area is 166 Å². The van der Waals surface area contributed by atoms with Crippen molar-refractivity contribution in [3.05, 3.63) is 36.2 Å². The van der Waals surface area contributed by atoms with Gasteiger partial charge in [0.1, 0.15) is 5.75 Å². The van der Waals surface area contributed by atoms with Crippen molar-refractivity contribution in [2.45, 2.75) is 43.6 Å². The molecule has 1 unspecified atom stereocenters. The highest BCUT2D eigenvalue weighted by Crippen LogP contribution is 2.26. The molecule has 159 valence electrons. The summed E-state index contributed by atoms with van der Waals surface area (Å²) in [5.74, 6) is -4.09. The summed E-state index contributed by atoms with van der Waals surface area (Å²) in [6.45, 7) is -3.12. The van der Waals surface area contributed by atoms with Crippen LogP contribution < -0.4 is 15.8 Å². The Morgan fingerprint density at radius 2 is 1.97 bits per heavy atom. The molecule has 1 atom stereocenters. The number of amides is 2. The van der Waals surface area contributed by atoms with Gasteiger partial charge >= 0.3 is 6.61 Å². The topological polar surface area (TPSA) is 133 Å². The molecule has 1 fully saturated rings. The minimum Gasteiger partial charge on any atom is -0.435 e. The zero-order valence-corrected chi connectivity index (χ0v) is 16.2. The van der Waals surface area contributed by atoms with Crippen LogP contribution in [0.15, 0.2) is 24.3 Å². The summed E-state index contributed by atoms with van der Waals surface area (Å²) in [6, 6.07) is 5.40. The molecule has 0 heterocycles. The highest BCUT2D eigenvalue weighted by atomic mass is 32.2. The summed E-state index contributed by atoms with van der Waals surface area (Å²) in [7, 11) is -3.92. The summed E-state index contributed by atoms with van der Waals surface area (Å²) in [5.41, 5.74) is 3.47. The zero-order chi connectivity index (χ0) is 21.7. The standard InChI is InChI=1S/C18H21F2N2O6S/c19-17(20)28-13-6-2-1-5-12(13)11-29(26,27)10-8-15(24)22-18(16(21)25)9-4-3-7-14(18)23/h1-2,5-6,8,17H,3-4,7,9-11H2,(H2,21,25)(H,22,24). The van der Waals surface area contributed by atoms with Gasteiger partial charge in [-0.1, -0.05) is 18.2 Å². The van der Waals surface area contributed by atoms with Crippen molar-refractivity contribution >= 4 is 27.4 Å². The van der Waals surface area contributed by atoms with E-state index in [1.54, 1.807) is 0 Å². The number of nitrogens with two attached hydrogens (primary N) is 1. The lowest BCUT2D eigenvalue weighted by atomic mass is 9.79. The Bertz CT molecular complexity index is 890. The average molecular weight is 431 g/mol. The van der Waals surface area contributed by atoms with Crippen molar-refractivity contribution in [1.82, 2.24) is 5.32 Å². The zero-order valence-electron chi connectivity index (χ0n) is 15.4. The van der Waals surface area contributed by atoms with Crippen molar-refractivity contribution < 1.29 is 36.3 Å². The molecule has 0 saturated heterocycles. The highest BCUT2D eigenvalue weighted by molar-refractivity contribution is 7.90. The second-order valence-electron chi connectivity index (χ2n) is 6.63. The Morgan fingerprint density at radius 1 is 1.28 bits per heavy atom. The van der Waals surface area contributed by atoms with Crippen LogP contribution in [-0.4, -0.2) is 43.9 Å². The summed E-state index contributed by atoms with van der Waals surface area (Å²) >= 11 is 0. The fraction of sp³-hybridized carbons (Fsp3) is 0.444. The van der Waals surface area contributed by atoms with Gasteiger partial charge in [0.25, 0.3) is 5.91 Å². The van der Waals surface area contributed by atoms with Crippen molar-refractivity contribution in [3.8, 4) is 5.75 Å². The Kier molecular flexibility index (Phi) is 7.28. The minimum absolute atomic E-state index is 0.0117. The van der Waals surface area contributed by atoms with E-state index in [-0.39, 0.29) is 24.2 Å². The van der Waals surface area contributed by atoms with Gasteiger partial charge < -0.3 is 15.8 Å². The number of hydrogen-bond donors (Lipinski definition) is 2. The van der Waals surface area contributed by atoms with E-state index in [1.807, 2.05) is 0 Å². The maximum absolute atomic E-state index is 12.4. The third kappa shape index (κ3) is 5.96. The number of hydrogen-bond acceptors (Lipinski definition) is 6. The minimum atomic E-state index is -3.92. The van der Waals surface area contributed by atoms with Gasteiger partial charge in [-0.15, -0.1) is 0 Å². The van der Waals surface area contributed by atoms with Crippen LogP contribution in [0.3, 0.4) is 0 Å². The molecule has 1 aromatic rings. The molecular formula is C18H21F2N2O6S. The van der Waals surface area contributed by atoms with E-state index in [9.17, 15) is 31.6 Å². The van der Waals surface area contributed by atoms with Crippen molar-refractivity contribution in [3.63, 3.8) is 0 Å². The lowest BCUT2D eigenvalue weighted by Gasteiger charge is -2.33. The Balaban J connectivity index is 2.02. The van der Waals surface area contributed by atoms with Crippen molar-refractivity contribution in [1.29, 1.82) is 0 Å². The summed E-state index contributed by atoms with van der Waals surface area (Å²) in [6.07, 6.45) is 1.99. The van der Waals surface area contributed by atoms with Crippen LogP contribution in [-0.2, 0) is 30.0 Å². The van der Waals surface area contributed by atoms with Crippen LogP contribution in [0.5, 0.6) is 5.75 Å². The largest absolute Gasteiger partial charge is 0.435 e. The van der Waals surface area contributed by atoms with Gasteiger partial charge in [0.15, 0.2) is 21.2 Å². The summed E-state index contributed by atoms with van der Waals surface area (Å²) < 4.78 is 53.8. The van der Waals surface area contributed by atoms with Crippen molar-refractivity contribution in [2.75, 3.05) is 5.75 Å². The fourth-order valence-electron chi connectivity index (χ4n) is 3.08. The number of nitrogens with one attached hydrogen (secondary N) is 1. The van der Waals surface area contributed by atoms with E-state index in [2.05, 4.69) is 10.1 Å². The van der Waals surface area contributed by atoms with Crippen molar-refractivity contribution in [2.24, 2.45) is 5.73 Å². The molecule has 1 aliphatic carbocycles. The number of rotatable bonds is 9. The SMILES string of the molecule is NC(=O)C1(NC(=O)[CH]CS(=O)(=O)Cc2ccccc2OC(F)F)CCCCC1=O. The van der Waals surface area contributed by atoms with Gasteiger partial charge in [-0.3, -0.25) is 14.4 Å². The average Bonchev–Trinajstić information content (AvgIpc) is 2.63. The first-order valence-corrected chi connectivity index (χ1v) is 10.6. The number of carbonyl (C=O) groups excluding carboxylic acids is 3.